The van der Waals surface area contributed by atoms with Crippen molar-refractivity contribution in [3.05, 3.63) is 22.4 Å². The lowest BCUT2D eigenvalue weighted by Gasteiger charge is -1.99. The minimum Gasteiger partial charge on any atom is -0.461 e. The molecule has 3 nitrogen and oxygen atoms in total. The highest BCUT2D eigenvalue weighted by molar-refractivity contribution is 7.13. The topological polar surface area (TPSA) is 50.2 Å². The smallest absolute Gasteiger partial charge is 0.357 e. The zero-order chi connectivity index (χ0) is 8.97. The number of carbonyl (C=O) groups is 1. The predicted octanol–water partition coefficient (Wildman–Crippen LogP) is 1.68. The lowest BCUT2D eigenvalue weighted by atomic mass is 10.3. The maximum Gasteiger partial charge on any atom is 0.357 e. The van der Waals surface area contributed by atoms with E-state index in [0.717, 1.165) is 0 Å². The molecule has 0 radical (unpaired) electrons. The molecule has 1 heterocycles. The molecule has 1 aromatic heterocycles. The molecule has 0 bridgehead atoms. The third-order valence-corrected chi connectivity index (χ3v) is 2.13. The highest BCUT2D eigenvalue weighted by Crippen LogP contribution is 2.09. The third-order valence-electron chi connectivity index (χ3n) is 1.25. The van der Waals surface area contributed by atoms with Gasteiger partial charge < -0.3 is 4.74 Å². The van der Waals surface area contributed by atoms with Crippen LogP contribution in [0.25, 0.3) is 0 Å². The fourth-order valence-corrected chi connectivity index (χ4v) is 1.39. The molecule has 64 valence electrons. The molecule has 1 aromatic rings. The highest BCUT2D eigenvalue weighted by atomic mass is 32.1. The van der Waals surface area contributed by atoms with Crippen LogP contribution in [0.2, 0.25) is 0 Å². The van der Waals surface area contributed by atoms with Gasteiger partial charge in [0, 0.05) is 0 Å². The van der Waals surface area contributed by atoms with Gasteiger partial charge in [-0.05, 0) is 18.4 Å². The van der Waals surface area contributed by atoms with E-state index in [2.05, 4.69) is 4.74 Å². The molecular formula is C8H9NO2S. The first-order chi connectivity index (χ1) is 5.75. The Kier molecular flexibility index (Phi) is 2.99. The first kappa shape index (κ1) is 8.93. The van der Waals surface area contributed by atoms with E-state index in [0.29, 0.717) is 11.5 Å². The van der Waals surface area contributed by atoms with Gasteiger partial charge in [0.2, 0.25) is 0 Å². The Bertz CT molecular complexity index is 279. The van der Waals surface area contributed by atoms with Gasteiger partial charge in [0.05, 0.1) is 11.5 Å². The van der Waals surface area contributed by atoms with Crippen molar-refractivity contribution in [3.63, 3.8) is 0 Å². The van der Waals surface area contributed by atoms with E-state index in [9.17, 15) is 4.79 Å². The second-order valence-corrected chi connectivity index (χ2v) is 3.02. The number of carbonyl (C=O) groups excluding carboxylic acids is 1. The molecule has 0 aliphatic carbocycles. The molecule has 0 aliphatic rings. The van der Waals surface area contributed by atoms with Gasteiger partial charge in [-0.1, -0.05) is 6.07 Å². The number of hydrogen-bond acceptors (Lipinski definition) is 4. The van der Waals surface area contributed by atoms with E-state index < -0.39 is 5.97 Å². The van der Waals surface area contributed by atoms with Crippen LogP contribution in [0.3, 0.4) is 0 Å². The summed E-state index contributed by atoms with van der Waals surface area (Å²) >= 11 is 1.36. The standard InChI is InChI=1S/C8H9NO2S/c1-2-11-8(10)7(9)6-4-3-5-12-6/h3-5,9H,2H2,1H3. The normalized spacial score (nSPS) is 9.42. The van der Waals surface area contributed by atoms with Crippen LogP contribution in [0.15, 0.2) is 17.5 Å². The number of esters is 1. The second-order valence-electron chi connectivity index (χ2n) is 2.07. The van der Waals surface area contributed by atoms with Crippen molar-refractivity contribution < 1.29 is 9.53 Å². The molecule has 4 heteroatoms. The van der Waals surface area contributed by atoms with Gasteiger partial charge in [-0.2, -0.15) is 0 Å². The van der Waals surface area contributed by atoms with Crippen LogP contribution in [-0.4, -0.2) is 18.3 Å². The zero-order valence-corrected chi connectivity index (χ0v) is 7.48. The molecule has 0 saturated heterocycles. The van der Waals surface area contributed by atoms with Crippen molar-refractivity contribution in [3.8, 4) is 0 Å². The maximum atomic E-state index is 11.0. The third kappa shape index (κ3) is 1.92. The fraction of sp³-hybridized carbons (Fsp3) is 0.250. The molecule has 0 spiro atoms. The molecule has 0 saturated carbocycles. The molecule has 12 heavy (non-hydrogen) atoms. The summed E-state index contributed by atoms with van der Waals surface area (Å²) in [6.07, 6.45) is 0. The molecule has 0 fully saturated rings. The molecule has 0 amide bonds. The Morgan fingerprint density at radius 2 is 2.50 bits per heavy atom. The van der Waals surface area contributed by atoms with Gasteiger partial charge in [-0.3, -0.25) is 5.41 Å². The summed E-state index contributed by atoms with van der Waals surface area (Å²) in [6.45, 7) is 2.03. The lowest BCUT2D eigenvalue weighted by molar-refractivity contribution is -0.135. The quantitative estimate of drug-likeness (QED) is 0.572. The van der Waals surface area contributed by atoms with Crippen molar-refractivity contribution in [2.45, 2.75) is 6.92 Å². The molecular weight excluding hydrogens is 174 g/mol. The SMILES string of the molecule is CCOC(=O)C(=N)c1cccs1. The van der Waals surface area contributed by atoms with Crippen LogP contribution in [0.1, 0.15) is 11.8 Å². The Labute approximate surface area is 74.5 Å². The zero-order valence-electron chi connectivity index (χ0n) is 6.66. The van der Waals surface area contributed by atoms with Gasteiger partial charge in [-0.15, -0.1) is 11.3 Å². The summed E-state index contributed by atoms with van der Waals surface area (Å²) in [5.41, 5.74) is -0.0631. The van der Waals surface area contributed by atoms with Gasteiger partial charge >= 0.3 is 5.97 Å². The minimum atomic E-state index is -0.556. The van der Waals surface area contributed by atoms with E-state index in [-0.39, 0.29) is 5.71 Å². The van der Waals surface area contributed by atoms with Crippen molar-refractivity contribution in [2.75, 3.05) is 6.61 Å². The lowest BCUT2D eigenvalue weighted by Crippen LogP contribution is -2.16. The minimum absolute atomic E-state index is 0.0631. The van der Waals surface area contributed by atoms with Crippen molar-refractivity contribution in [1.82, 2.24) is 0 Å². The Hall–Kier alpha value is -1.16. The molecule has 1 rings (SSSR count). The van der Waals surface area contributed by atoms with E-state index in [4.69, 9.17) is 5.41 Å². The van der Waals surface area contributed by atoms with E-state index >= 15 is 0 Å². The number of nitrogens with one attached hydrogen (secondary N) is 1. The van der Waals surface area contributed by atoms with Crippen LogP contribution < -0.4 is 0 Å². The molecule has 0 aliphatic heterocycles. The average Bonchev–Trinajstić information content (AvgIpc) is 2.55. The van der Waals surface area contributed by atoms with Gasteiger partial charge in [0.15, 0.2) is 5.71 Å². The van der Waals surface area contributed by atoms with Crippen LogP contribution in [0.5, 0.6) is 0 Å². The molecule has 1 N–H and O–H groups in total. The van der Waals surface area contributed by atoms with Crippen LogP contribution in [-0.2, 0) is 9.53 Å². The number of hydrogen-bond donors (Lipinski definition) is 1. The van der Waals surface area contributed by atoms with Crippen LogP contribution >= 0.6 is 11.3 Å². The fourth-order valence-electron chi connectivity index (χ4n) is 0.725. The maximum absolute atomic E-state index is 11.0. The Balaban J connectivity index is 2.66. The van der Waals surface area contributed by atoms with Crippen LogP contribution in [0.4, 0.5) is 0 Å². The van der Waals surface area contributed by atoms with Gasteiger partial charge in [0.25, 0.3) is 0 Å². The predicted molar refractivity (Wildman–Crippen MR) is 47.8 cm³/mol. The summed E-state index contributed by atoms with van der Waals surface area (Å²) in [5, 5.41) is 9.21. The molecule has 0 unspecified atom stereocenters. The molecule has 0 atom stereocenters. The first-order valence-corrected chi connectivity index (χ1v) is 4.43. The number of ether oxygens (including phenoxy) is 1. The average molecular weight is 183 g/mol. The van der Waals surface area contributed by atoms with Crippen molar-refractivity contribution in [1.29, 1.82) is 5.41 Å². The Morgan fingerprint density at radius 1 is 1.75 bits per heavy atom. The number of rotatable bonds is 3. The monoisotopic (exact) mass is 183 g/mol. The summed E-state index contributed by atoms with van der Waals surface area (Å²) < 4.78 is 4.67. The van der Waals surface area contributed by atoms with Crippen molar-refractivity contribution >= 4 is 23.0 Å². The summed E-state index contributed by atoms with van der Waals surface area (Å²) in [5.74, 6) is -0.556. The van der Waals surface area contributed by atoms with Gasteiger partial charge in [0.1, 0.15) is 0 Å². The van der Waals surface area contributed by atoms with Gasteiger partial charge in [-0.25, -0.2) is 4.79 Å². The van der Waals surface area contributed by atoms with Crippen LogP contribution in [0, 0.1) is 5.41 Å². The number of thiophene rings is 1. The summed E-state index contributed by atoms with van der Waals surface area (Å²) in [7, 11) is 0. The highest BCUT2D eigenvalue weighted by Gasteiger charge is 2.12. The summed E-state index contributed by atoms with van der Waals surface area (Å²) in [4.78, 5) is 11.6. The van der Waals surface area contributed by atoms with E-state index in [1.165, 1.54) is 11.3 Å². The molecule has 0 aromatic carbocycles. The first-order valence-electron chi connectivity index (χ1n) is 3.55. The second kappa shape index (κ2) is 4.01. The van der Waals surface area contributed by atoms with E-state index in [1.807, 2.05) is 5.38 Å². The van der Waals surface area contributed by atoms with Crippen molar-refractivity contribution in [2.24, 2.45) is 0 Å². The largest absolute Gasteiger partial charge is 0.461 e. The Morgan fingerprint density at radius 3 is 3.00 bits per heavy atom. The summed E-state index contributed by atoms with van der Waals surface area (Å²) in [6, 6.07) is 3.53. The van der Waals surface area contributed by atoms with E-state index in [1.54, 1.807) is 19.1 Å².